The number of nitrogens with one attached hydrogen (secondary N) is 3. The number of thiazole rings is 1. The second kappa shape index (κ2) is 9.74. The first-order valence-corrected chi connectivity index (χ1v) is 13.5. The molecule has 3 aromatic carbocycles. The molecule has 1 fully saturated rings. The maximum atomic E-state index is 13.2. The maximum absolute atomic E-state index is 13.2. The van der Waals surface area contributed by atoms with Crippen LogP contribution in [0.25, 0.3) is 10.2 Å². The highest BCUT2D eigenvalue weighted by molar-refractivity contribution is 7.89. The monoisotopic (exact) mass is 507 g/mol. The van der Waals surface area contributed by atoms with Crippen molar-refractivity contribution in [3.8, 4) is 5.75 Å². The number of aromatic nitrogens is 1. The normalized spacial score (nSPS) is 15.0. The molecule has 1 aliphatic rings. The van der Waals surface area contributed by atoms with Gasteiger partial charge in [-0.2, -0.15) is 0 Å². The number of hydrogen-bond acceptors (Lipinski definition) is 7. The van der Waals surface area contributed by atoms with Gasteiger partial charge in [-0.05, 0) is 48.4 Å². The van der Waals surface area contributed by atoms with E-state index in [9.17, 15) is 8.42 Å². The number of benzene rings is 3. The minimum absolute atomic E-state index is 0.0394. The van der Waals surface area contributed by atoms with Gasteiger partial charge in [0.2, 0.25) is 10.0 Å². The second-order valence-electron chi connectivity index (χ2n) is 8.38. The Labute approximate surface area is 207 Å². The topological polar surface area (TPSA) is 130 Å². The van der Waals surface area contributed by atoms with E-state index in [1.165, 1.54) is 11.3 Å². The van der Waals surface area contributed by atoms with Crippen LogP contribution in [0.1, 0.15) is 22.2 Å². The minimum atomic E-state index is -3.79. The van der Waals surface area contributed by atoms with Crippen molar-refractivity contribution in [3.63, 3.8) is 0 Å². The van der Waals surface area contributed by atoms with Crippen molar-refractivity contribution in [2.45, 2.75) is 23.5 Å². The number of hydrogen-bond donors (Lipinski definition) is 4. The molecule has 35 heavy (non-hydrogen) atoms. The van der Waals surface area contributed by atoms with E-state index in [1.807, 2.05) is 30.3 Å². The van der Waals surface area contributed by atoms with Crippen LogP contribution in [0, 0.1) is 5.41 Å². The van der Waals surface area contributed by atoms with Crippen LogP contribution in [0.2, 0.25) is 0 Å². The molecule has 0 bridgehead atoms. The summed E-state index contributed by atoms with van der Waals surface area (Å²) in [4.78, 5) is 4.94. The molecule has 180 valence electrons. The van der Waals surface area contributed by atoms with Gasteiger partial charge >= 0.3 is 0 Å². The van der Waals surface area contributed by atoms with E-state index in [4.69, 9.17) is 20.9 Å². The highest BCUT2D eigenvalue weighted by Crippen LogP contribution is 2.32. The van der Waals surface area contributed by atoms with Crippen LogP contribution < -0.4 is 20.5 Å². The summed E-state index contributed by atoms with van der Waals surface area (Å²) in [5.74, 6) is 0.734. The second-order valence-corrected chi connectivity index (χ2v) is 11.2. The fourth-order valence-electron chi connectivity index (χ4n) is 3.82. The summed E-state index contributed by atoms with van der Waals surface area (Å²) in [5.41, 5.74) is 7.88. The number of sulfonamides is 1. The Morgan fingerprint density at radius 1 is 1.14 bits per heavy atom. The molecule has 8 nitrogen and oxygen atoms in total. The number of fused-ring (bicyclic) bond motifs is 1. The summed E-state index contributed by atoms with van der Waals surface area (Å²) >= 11 is 1.44. The summed E-state index contributed by atoms with van der Waals surface area (Å²) in [6.45, 7) is 1.66. The van der Waals surface area contributed by atoms with E-state index in [0.717, 1.165) is 34.6 Å². The Morgan fingerprint density at radius 2 is 1.94 bits per heavy atom. The lowest BCUT2D eigenvalue weighted by molar-refractivity contribution is 0.142. The molecular weight excluding hydrogens is 482 g/mol. The summed E-state index contributed by atoms with van der Waals surface area (Å²) < 4.78 is 36.1. The van der Waals surface area contributed by atoms with E-state index < -0.39 is 16.1 Å². The van der Waals surface area contributed by atoms with Gasteiger partial charge in [0.1, 0.15) is 22.7 Å². The number of nitrogens with zero attached hydrogens (tertiary/aromatic N) is 1. The van der Waals surface area contributed by atoms with Gasteiger partial charge in [-0.15, -0.1) is 11.3 Å². The molecule has 2 heterocycles. The molecule has 0 amide bonds. The van der Waals surface area contributed by atoms with Crippen molar-refractivity contribution in [2.24, 2.45) is 5.73 Å². The SMILES string of the molecule is N=C(N)c1cccc(CC(NS(=O)(=O)c2ccccc2)c2nc3ccc(OC4CNC4)cc3s2)c1. The van der Waals surface area contributed by atoms with E-state index in [2.05, 4.69) is 10.0 Å². The van der Waals surface area contributed by atoms with Gasteiger partial charge in [-0.3, -0.25) is 5.41 Å². The van der Waals surface area contributed by atoms with Crippen molar-refractivity contribution in [2.75, 3.05) is 13.1 Å². The van der Waals surface area contributed by atoms with Crippen LogP contribution in [0.3, 0.4) is 0 Å². The van der Waals surface area contributed by atoms with Crippen molar-refractivity contribution in [3.05, 3.63) is 88.9 Å². The fourth-order valence-corrected chi connectivity index (χ4v) is 6.16. The molecule has 1 unspecified atom stereocenters. The quantitative estimate of drug-likeness (QED) is 0.203. The van der Waals surface area contributed by atoms with Gasteiger partial charge in [0.25, 0.3) is 0 Å². The van der Waals surface area contributed by atoms with E-state index in [0.29, 0.717) is 17.0 Å². The van der Waals surface area contributed by atoms with E-state index in [-0.39, 0.29) is 16.8 Å². The van der Waals surface area contributed by atoms with Gasteiger partial charge in [-0.1, -0.05) is 36.4 Å². The Morgan fingerprint density at radius 3 is 2.66 bits per heavy atom. The van der Waals surface area contributed by atoms with Gasteiger partial charge in [0.15, 0.2) is 0 Å². The van der Waals surface area contributed by atoms with Crippen LogP contribution >= 0.6 is 11.3 Å². The third kappa shape index (κ3) is 5.35. The average Bonchev–Trinajstić information content (AvgIpc) is 3.25. The first-order valence-electron chi connectivity index (χ1n) is 11.2. The fraction of sp³-hybridized carbons (Fsp3) is 0.200. The van der Waals surface area contributed by atoms with Crippen molar-refractivity contribution in [1.82, 2.24) is 15.0 Å². The molecule has 1 aliphatic heterocycles. The molecule has 1 atom stereocenters. The summed E-state index contributed by atoms with van der Waals surface area (Å²) in [7, 11) is -3.79. The number of rotatable bonds is 9. The lowest BCUT2D eigenvalue weighted by Crippen LogP contribution is -2.50. The molecule has 4 aromatic rings. The highest BCUT2D eigenvalue weighted by Gasteiger charge is 2.25. The Balaban J connectivity index is 1.49. The predicted octanol–water partition coefficient (Wildman–Crippen LogP) is 3.19. The Kier molecular flexibility index (Phi) is 6.52. The smallest absolute Gasteiger partial charge is 0.241 e. The maximum Gasteiger partial charge on any atom is 0.241 e. The summed E-state index contributed by atoms with van der Waals surface area (Å²) in [5, 5.41) is 11.6. The molecule has 0 aliphatic carbocycles. The first-order chi connectivity index (χ1) is 16.9. The van der Waals surface area contributed by atoms with Crippen molar-refractivity contribution >= 4 is 37.4 Å². The molecule has 0 radical (unpaired) electrons. The summed E-state index contributed by atoms with van der Waals surface area (Å²) in [6.07, 6.45) is 0.517. The van der Waals surface area contributed by atoms with Crippen molar-refractivity contribution in [1.29, 1.82) is 5.41 Å². The van der Waals surface area contributed by atoms with Crippen LogP contribution in [0.4, 0.5) is 0 Å². The molecule has 0 spiro atoms. The third-order valence-electron chi connectivity index (χ3n) is 5.75. The van der Waals surface area contributed by atoms with Gasteiger partial charge in [0.05, 0.1) is 21.2 Å². The molecule has 5 N–H and O–H groups in total. The lowest BCUT2D eigenvalue weighted by Gasteiger charge is -2.27. The lowest BCUT2D eigenvalue weighted by atomic mass is 10.0. The highest BCUT2D eigenvalue weighted by atomic mass is 32.2. The zero-order chi connectivity index (χ0) is 24.4. The first kappa shape index (κ1) is 23.4. The van der Waals surface area contributed by atoms with Crippen LogP contribution in [0.5, 0.6) is 5.75 Å². The van der Waals surface area contributed by atoms with Crippen LogP contribution in [-0.2, 0) is 16.4 Å². The standard InChI is InChI=1S/C25H25N5O3S2/c26-24(27)17-6-4-5-16(11-17)12-22(30-35(31,32)20-7-2-1-3-8-20)25-29-21-10-9-18(13-23(21)34-25)33-19-14-28-15-19/h1-11,13,19,22,28,30H,12,14-15H2,(H3,26,27). The van der Waals surface area contributed by atoms with Crippen LogP contribution in [-0.4, -0.2) is 38.4 Å². The van der Waals surface area contributed by atoms with E-state index >= 15 is 0 Å². The van der Waals surface area contributed by atoms with Crippen LogP contribution in [0.15, 0.2) is 77.7 Å². The zero-order valence-corrected chi connectivity index (χ0v) is 20.4. The van der Waals surface area contributed by atoms with Gasteiger partial charge in [-0.25, -0.2) is 18.1 Å². The molecule has 0 saturated carbocycles. The molecule has 5 rings (SSSR count). The largest absolute Gasteiger partial charge is 0.488 e. The third-order valence-corrected chi connectivity index (χ3v) is 8.37. The molecule has 1 aromatic heterocycles. The predicted molar refractivity (Wildman–Crippen MR) is 138 cm³/mol. The van der Waals surface area contributed by atoms with Crippen molar-refractivity contribution < 1.29 is 13.2 Å². The Bertz CT molecular complexity index is 1470. The number of nitrogen functional groups attached to an aromatic ring is 1. The molecule has 10 heteroatoms. The van der Waals surface area contributed by atoms with Gasteiger partial charge < -0.3 is 15.8 Å². The average molecular weight is 508 g/mol. The number of ether oxygens (including phenoxy) is 1. The summed E-state index contributed by atoms with van der Waals surface area (Å²) in [6, 6.07) is 20.7. The number of amidine groups is 1. The molecular formula is C25H25N5O3S2. The van der Waals surface area contributed by atoms with Gasteiger partial charge in [0, 0.05) is 18.7 Å². The minimum Gasteiger partial charge on any atom is -0.488 e. The number of nitrogens with two attached hydrogens (primary N) is 1. The Hall–Kier alpha value is -3.31. The van der Waals surface area contributed by atoms with E-state index in [1.54, 1.807) is 42.5 Å². The molecule has 1 saturated heterocycles. The zero-order valence-electron chi connectivity index (χ0n) is 18.8.